The molecule has 0 bridgehead atoms. The first-order valence-electron chi connectivity index (χ1n) is 6.30. The van der Waals surface area contributed by atoms with Crippen LogP contribution in [0, 0.1) is 0 Å². The molecule has 0 fully saturated rings. The highest BCUT2D eigenvalue weighted by atomic mass is 35.5. The molecule has 1 aromatic heterocycles. The molecular weight excluding hydrogens is 292 g/mol. The lowest BCUT2D eigenvalue weighted by Gasteiger charge is -2.05. The zero-order chi connectivity index (χ0) is 13.9. The predicted octanol–water partition coefficient (Wildman–Crippen LogP) is 5.09. The first-order valence-corrected chi connectivity index (χ1v) is 7.50. The van der Waals surface area contributed by atoms with Crippen LogP contribution in [0.1, 0.15) is 6.92 Å². The van der Waals surface area contributed by atoms with Gasteiger partial charge in [-0.05, 0) is 49.4 Å². The minimum absolute atomic E-state index is 0.672. The number of halogens is 1. The van der Waals surface area contributed by atoms with Crippen molar-refractivity contribution >= 4 is 44.0 Å². The molecule has 3 rings (SSSR count). The van der Waals surface area contributed by atoms with Crippen molar-refractivity contribution in [2.75, 3.05) is 11.9 Å². The molecule has 20 heavy (non-hydrogen) atoms. The first kappa shape index (κ1) is 13.2. The molecule has 1 N–H and O–H groups in total. The number of hydrogen-bond donors (Lipinski definition) is 1. The summed E-state index contributed by atoms with van der Waals surface area (Å²) in [5.41, 5.74) is 1.90. The van der Waals surface area contributed by atoms with E-state index in [4.69, 9.17) is 16.3 Å². The van der Waals surface area contributed by atoms with Gasteiger partial charge in [-0.2, -0.15) is 0 Å². The van der Waals surface area contributed by atoms with Crippen LogP contribution in [0.5, 0.6) is 5.75 Å². The molecule has 3 aromatic rings. The van der Waals surface area contributed by atoms with E-state index in [1.165, 1.54) is 0 Å². The Kier molecular flexibility index (Phi) is 3.76. The predicted molar refractivity (Wildman–Crippen MR) is 85.5 cm³/mol. The Morgan fingerprint density at radius 3 is 2.75 bits per heavy atom. The van der Waals surface area contributed by atoms with Crippen LogP contribution in [0.15, 0.2) is 42.5 Å². The van der Waals surface area contributed by atoms with Gasteiger partial charge in [-0.3, -0.25) is 0 Å². The molecule has 3 nitrogen and oxygen atoms in total. The fourth-order valence-corrected chi connectivity index (χ4v) is 2.91. The molecule has 2 aromatic carbocycles. The number of hydrogen-bond acceptors (Lipinski definition) is 4. The Morgan fingerprint density at radius 1 is 1.20 bits per heavy atom. The fraction of sp³-hybridized carbons (Fsp3) is 0.133. The largest absolute Gasteiger partial charge is 0.494 e. The SMILES string of the molecule is CCOc1ccc(Nc2nc3cc(Cl)ccc3s2)cc1. The molecule has 0 radical (unpaired) electrons. The van der Waals surface area contributed by atoms with Crippen molar-refractivity contribution in [2.45, 2.75) is 6.92 Å². The summed E-state index contributed by atoms with van der Waals surface area (Å²) in [6.07, 6.45) is 0. The van der Waals surface area contributed by atoms with Crippen LogP contribution in [-0.2, 0) is 0 Å². The van der Waals surface area contributed by atoms with Gasteiger partial charge in [-0.1, -0.05) is 22.9 Å². The molecule has 0 amide bonds. The maximum absolute atomic E-state index is 5.97. The zero-order valence-corrected chi connectivity index (χ0v) is 12.5. The number of anilines is 2. The van der Waals surface area contributed by atoms with Gasteiger partial charge in [0, 0.05) is 10.7 Å². The van der Waals surface area contributed by atoms with Gasteiger partial charge in [0.05, 0.1) is 16.8 Å². The number of fused-ring (bicyclic) bond motifs is 1. The molecule has 0 aliphatic carbocycles. The second-order valence-electron chi connectivity index (χ2n) is 4.21. The summed E-state index contributed by atoms with van der Waals surface area (Å²) in [6.45, 7) is 2.64. The molecule has 0 spiro atoms. The van der Waals surface area contributed by atoms with Crippen molar-refractivity contribution in [1.29, 1.82) is 0 Å². The molecule has 0 unspecified atom stereocenters. The van der Waals surface area contributed by atoms with Gasteiger partial charge in [0.25, 0.3) is 0 Å². The Bertz CT molecular complexity index is 724. The number of nitrogens with zero attached hydrogens (tertiary/aromatic N) is 1. The normalized spacial score (nSPS) is 10.7. The van der Waals surface area contributed by atoms with Crippen LogP contribution in [0.4, 0.5) is 10.8 Å². The van der Waals surface area contributed by atoms with Crippen molar-refractivity contribution in [3.05, 3.63) is 47.5 Å². The summed E-state index contributed by atoms with van der Waals surface area (Å²) in [5.74, 6) is 0.870. The smallest absolute Gasteiger partial charge is 0.188 e. The molecule has 102 valence electrons. The van der Waals surface area contributed by atoms with E-state index in [0.29, 0.717) is 11.6 Å². The van der Waals surface area contributed by atoms with E-state index in [9.17, 15) is 0 Å². The summed E-state index contributed by atoms with van der Waals surface area (Å²) >= 11 is 7.57. The Morgan fingerprint density at radius 2 is 2.00 bits per heavy atom. The van der Waals surface area contributed by atoms with Gasteiger partial charge in [0.15, 0.2) is 5.13 Å². The molecule has 0 aliphatic rings. The summed E-state index contributed by atoms with van der Waals surface area (Å²) in [5, 5.41) is 4.85. The summed E-state index contributed by atoms with van der Waals surface area (Å²) in [6, 6.07) is 13.6. The average Bonchev–Trinajstić information content (AvgIpc) is 2.82. The third-order valence-corrected chi connectivity index (χ3v) is 3.95. The van der Waals surface area contributed by atoms with Crippen LogP contribution in [0.3, 0.4) is 0 Å². The lowest BCUT2D eigenvalue weighted by atomic mass is 10.3. The van der Waals surface area contributed by atoms with Gasteiger partial charge in [0.1, 0.15) is 5.75 Å². The maximum Gasteiger partial charge on any atom is 0.188 e. The van der Waals surface area contributed by atoms with Crippen molar-refractivity contribution < 1.29 is 4.74 Å². The van der Waals surface area contributed by atoms with E-state index in [0.717, 1.165) is 26.8 Å². The molecule has 5 heteroatoms. The van der Waals surface area contributed by atoms with Gasteiger partial charge in [0.2, 0.25) is 0 Å². The fourth-order valence-electron chi connectivity index (χ4n) is 1.88. The van der Waals surface area contributed by atoms with E-state index >= 15 is 0 Å². The topological polar surface area (TPSA) is 34.1 Å². The number of nitrogens with one attached hydrogen (secondary N) is 1. The molecule has 0 saturated heterocycles. The van der Waals surface area contributed by atoms with E-state index < -0.39 is 0 Å². The number of rotatable bonds is 4. The van der Waals surface area contributed by atoms with E-state index in [1.807, 2.05) is 49.4 Å². The Balaban J connectivity index is 1.81. The minimum Gasteiger partial charge on any atom is -0.494 e. The highest BCUT2D eigenvalue weighted by Gasteiger charge is 2.04. The van der Waals surface area contributed by atoms with E-state index in [2.05, 4.69) is 10.3 Å². The molecule has 1 heterocycles. The minimum atomic E-state index is 0.672. The van der Waals surface area contributed by atoms with Gasteiger partial charge in [-0.25, -0.2) is 4.98 Å². The lowest BCUT2D eigenvalue weighted by molar-refractivity contribution is 0.340. The van der Waals surface area contributed by atoms with Crippen LogP contribution in [0.25, 0.3) is 10.2 Å². The van der Waals surface area contributed by atoms with Crippen molar-refractivity contribution in [3.8, 4) is 5.75 Å². The van der Waals surface area contributed by atoms with E-state index in [1.54, 1.807) is 11.3 Å². The van der Waals surface area contributed by atoms with Crippen LogP contribution >= 0.6 is 22.9 Å². The Labute approximate surface area is 126 Å². The van der Waals surface area contributed by atoms with Gasteiger partial charge in [-0.15, -0.1) is 0 Å². The Hall–Kier alpha value is -1.78. The van der Waals surface area contributed by atoms with Crippen molar-refractivity contribution in [1.82, 2.24) is 4.98 Å². The molecule has 0 aliphatic heterocycles. The second kappa shape index (κ2) is 5.69. The van der Waals surface area contributed by atoms with Crippen molar-refractivity contribution in [2.24, 2.45) is 0 Å². The average molecular weight is 305 g/mol. The van der Waals surface area contributed by atoms with Gasteiger partial charge < -0.3 is 10.1 Å². The summed E-state index contributed by atoms with van der Waals surface area (Å²) in [7, 11) is 0. The molecule has 0 saturated carbocycles. The lowest BCUT2D eigenvalue weighted by Crippen LogP contribution is -1.92. The summed E-state index contributed by atoms with van der Waals surface area (Å²) < 4.78 is 6.53. The number of benzene rings is 2. The van der Waals surface area contributed by atoms with E-state index in [-0.39, 0.29) is 0 Å². The van der Waals surface area contributed by atoms with Crippen LogP contribution < -0.4 is 10.1 Å². The zero-order valence-electron chi connectivity index (χ0n) is 10.9. The third kappa shape index (κ3) is 2.86. The van der Waals surface area contributed by atoms with Crippen molar-refractivity contribution in [3.63, 3.8) is 0 Å². The number of thiazole rings is 1. The molecular formula is C15H13ClN2OS. The number of ether oxygens (including phenoxy) is 1. The number of aromatic nitrogens is 1. The van der Waals surface area contributed by atoms with Crippen LogP contribution in [0.2, 0.25) is 5.02 Å². The molecule has 0 atom stereocenters. The second-order valence-corrected chi connectivity index (χ2v) is 5.68. The third-order valence-electron chi connectivity index (χ3n) is 2.77. The van der Waals surface area contributed by atoms with Crippen LogP contribution in [-0.4, -0.2) is 11.6 Å². The quantitative estimate of drug-likeness (QED) is 0.729. The standard InChI is InChI=1S/C15H13ClN2OS/c1-2-19-12-6-4-11(5-7-12)17-15-18-13-9-10(16)3-8-14(13)20-15/h3-9H,2H2,1H3,(H,17,18). The first-order chi connectivity index (χ1) is 9.74. The highest BCUT2D eigenvalue weighted by Crippen LogP contribution is 2.30. The maximum atomic E-state index is 5.97. The highest BCUT2D eigenvalue weighted by molar-refractivity contribution is 7.22. The van der Waals surface area contributed by atoms with Gasteiger partial charge >= 0.3 is 0 Å². The summed E-state index contributed by atoms with van der Waals surface area (Å²) in [4.78, 5) is 4.52. The monoisotopic (exact) mass is 304 g/mol.